The zero-order valence-corrected chi connectivity index (χ0v) is 16.3. The molecule has 0 N–H and O–H groups in total. The van der Waals surface area contributed by atoms with E-state index < -0.39 is 5.60 Å². The van der Waals surface area contributed by atoms with Gasteiger partial charge in [-0.1, -0.05) is 0 Å². The molecule has 0 aliphatic carbocycles. The van der Waals surface area contributed by atoms with E-state index in [-0.39, 0.29) is 17.2 Å². The van der Waals surface area contributed by atoms with Crippen molar-refractivity contribution in [3.05, 3.63) is 41.6 Å². The second kappa shape index (κ2) is 7.68. The maximum absolute atomic E-state index is 14.2. The summed E-state index contributed by atoms with van der Waals surface area (Å²) in [7, 11) is 0. The first-order valence-electron chi connectivity index (χ1n) is 8.74. The Balaban J connectivity index is 1.72. The van der Waals surface area contributed by atoms with E-state index in [0.717, 1.165) is 5.69 Å². The molecule has 0 atom stereocenters. The van der Waals surface area contributed by atoms with Gasteiger partial charge in [-0.3, -0.25) is 0 Å². The molecule has 6 nitrogen and oxygen atoms in total. The second-order valence-corrected chi connectivity index (χ2v) is 7.70. The Hall–Kier alpha value is -2.41. The van der Waals surface area contributed by atoms with Gasteiger partial charge >= 0.3 is 6.09 Å². The third-order valence-corrected chi connectivity index (χ3v) is 4.28. The zero-order valence-electron chi connectivity index (χ0n) is 15.6. The molecule has 1 amide bonds. The lowest BCUT2D eigenvalue weighted by molar-refractivity contribution is 0.0240. The van der Waals surface area contributed by atoms with E-state index in [1.165, 1.54) is 18.3 Å². The summed E-state index contributed by atoms with van der Waals surface area (Å²) in [6, 6.07) is 6.45. The van der Waals surface area contributed by atoms with Crippen molar-refractivity contribution in [2.24, 2.45) is 0 Å². The van der Waals surface area contributed by atoms with E-state index in [2.05, 4.69) is 9.97 Å². The number of hydrogen-bond acceptors (Lipinski definition) is 5. The Bertz CT molecular complexity index is 833. The summed E-state index contributed by atoms with van der Waals surface area (Å²) in [5, 5.41) is 0.115. The van der Waals surface area contributed by atoms with Crippen molar-refractivity contribution in [2.45, 2.75) is 26.4 Å². The average molecular weight is 393 g/mol. The van der Waals surface area contributed by atoms with E-state index in [1.54, 1.807) is 11.0 Å². The van der Waals surface area contributed by atoms with Gasteiger partial charge in [-0.25, -0.2) is 19.2 Å². The van der Waals surface area contributed by atoms with Gasteiger partial charge in [-0.2, -0.15) is 0 Å². The topological polar surface area (TPSA) is 58.6 Å². The molecule has 1 fully saturated rings. The first-order valence-corrected chi connectivity index (χ1v) is 9.11. The normalized spacial score (nSPS) is 15.0. The number of benzene rings is 1. The Morgan fingerprint density at radius 2 is 1.89 bits per heavy atom. The van der Waals surface area contributed by atoms with Crippen LogP contribution in [0, 0.1) is 5.82 Å². The average Bonchev–Trinajstić information content (AvgIpc) is 2.60. The number of rotatable bonds is 2. The molecular weight excluding hydrogens is 371 g/mol. The second-order valence-electron chi connectivity index (χ2n) is 7.36. The van der Waals surface area contributed by atoms with Gasteiger partial charge in [-0.05, 0) is 56.6 Å². The van der Waals surface area contributed by atoms with Gasteiger partial charge in [0.25, 0.3) is 0 Å². The number of carbonyl (C=O) groups is 1. The van der Waals surface area contributed by atoms with Crippen LogP contribution in [-0.4, -0.2) is 52.7 Å². The highest BCUT2D eigenvalue weighted by molar-refractivity contribution is 6.28. The van der Waals surface area contributed by atoms with Crippen LogP contribution in [0.4, 0.5) is 14.9 Å². The van der Waals surface area contributed by atoms with E-state index in [1.807, 2.05) is 31.7 Å². The van der Waals surface area contributed by atoms with Crippen LogP contribution in [0.3, 0.4) is 0 Å². The van der Waals surface area contributed by atoms with Crippen LogP contribution in [0.25, 0.3) is 11.3 Å². The van der Waals surface area contributed by atoms with Crippen molar-refractivity contribution in [1.29, 1.82) is 0 Å². The quantitative estimate of drug-likeness (QED) is 0.723. The third-order valence-electron chi connectivity index (χ3n) is 4.10. The van der Waals surface area contributed by atoms with Crippen molar-refractivity contribution in [2.75, 3.05) is 31.1 Å². The van der Waals surface area contributed by atoms with Crippen molar-refractivity contribution < 1.29 is 13.9 Å². The molecule has 27 heavy (non-hydrogen) atoms. The highest BCUT2D eigenvalue weighted by atomic mass is 35.5. The highest BCUT2D eigenvalue weighted by Gasteiger charge is 2.26. The molecule has 1 aromatic heterocycles. The number of amides is 1. The van der Waals surface area contributed by atoms with Crippen molar-refractivity contribution in [1.82, 2.24) is 14.9 Å². The van der Waals surface area contributed by atoms with Gasteiger partial charge in [0, 0.05) is 43.6 Å². The Labute approximate surface area is 162 Å². The summed E-state index contributed by atoms with van der Waals surface area (Å²) in [5.41, 5.74) is 1.40. The van der Waals surface area contributed by atoms with Crippen molar-refractivity contribution >= 4 is 23.4 Å². The number of hydrogen-bond donors (Lipinski definition) is 0. The van der Waals surface area contributed by atoms with E-state index in [0.29, 0.717) is 37.4 Å². The monoisotopic (exact) mass is 392 g/mol. The molecule has 1 aliphatic heterocycles. The van der Waals surface area contributed by atoms with Gasteiger partial charge in [0.15, 0.2) is 0 Å². The fraction of sp³-hybridized carbons (Fsp3) is 0.421. The standard InChI is InChI=1S/C19H22ClFN4O2/c1-19(2,3)27-18(26)25-8-6-24(7-9-25)15-11-13(10-14(21)12-15)16-4-5-22-17(20)23-16/h4-5,10-12H,6-9H2,1-3H3. The predicted octanol–water partition coefficient (Wildman–Crippen LogP) is 3.99. The maximum atomic E-state index is 14.2. The summed E-state index contributed by atoms with van der Waals surface area (Å²) in [5.74, 6) is -0.355. The SMILES string of the molecule is CC(C)(C)OC(=O)N1CCN(c2cc(F)cc(-c3ccnc(Cl)n3)c2)CC1. The molecule has 1 aromatic carbocycles. The van der Waals surface area contributed by atoms with E-state index >= 15 is 0 Å². The van der Waals surface area contributed by atoms with Gasteiger partial charge in [0.2, 0.25) is 5.28 Å². The maximum Gasteiger partial charge on any atom is 0.410 e. The molecular formula is C19H22ClFN4O2. The van der Waals surface area contributed by atoms with Crippen LogP contribution in [0.15, 0.2) is 30.5 Å². The molecule has 0 unspecified atom stereocenters. The van der Waals surface area contributed by atoms with Crippen LogP contribution < -0.4 is 4.90 Å². The Morgan fingerprint density at radius 1 is 1.19 bits per heavy atom. The van der Waals surface area contributed by atoms with Crippen molar-refractivity contribution in [3.63, 3.8) is 0 Å². The summed E-state index contributed by atoms with van der Waals surface area (Å²) >= 11 is 5.84. The zero-order chi connectivity index (χ0) is 19.6. The first-order chi connectivity index (χ1) is 12.7. The summed E-state index contributed by atoms with van der Waals surface area (Å²) in [6.45, 7) is 7.73. The molecule has 1 aliphatic rings. The van der Waals surface area contributed by atoms with Gasteiger partial charge in [-0.15, -0.1) is 0 Å². The number of nitrogens with zero attached hydrogens (tertiary/aromatic N) is 4. The smallest absolute Gasteiger partial charge is 0.410 e. The summed E-state index contributed by atoms with van der Waals surface area (Å²) in [6.07, 6.45) is 1.21. The van der Waals surface area contributed by atoms with Crippen LogP contribution in [-0.2, 0) is 4.74 Å². The van der Waals surface area contributed by atoms with Crippen LogP contribution in [0.2, 0.25) is 5.28 Å². The number of carbonyl (C=O) groups excluding carboxylic acids is 1. The van der Waals surface area contributed by atoms with Gasteiger partial charge in [0.1, 0.15) is 11.4 Å². The first kappa shape index (κ1) is 19.4. The van der Waals surface area contributed by atoms with Crippen LogP contribution >= 0.6 is 11.6 Å². The van der Waals surface area contributed by atoms with Gasteiger partial charge in [0.05, 0.1) is 5.69 Å². The number of anilines is 1. The fourth-order valence-electron chi connectivity index (χ4n) is 2.87. The Morgan fingerprint density at radius 3 is 2.52 bits per heavy atom. The van der Waals surface area contributed by atoms with E-state index in [9.17, 15) is 9.18 Å². The lowest BCUT2D eigenvalue weighted by Gasteiger charge is -2.36. The molecule has 8 heteroatoms. The molecule has 0 saturated carbocycles. The predicted molar refractivity (Wildman–Crippen MR) is 102 cm³/mol. The molecule has 3 rings (SSSR count). The molecule has 144 valence electrons. The Kier molecular flexibility index (Phi) is 5.51. The fourth-order valence-corrected chi connectivity index (χ4v) is 3.02. The van der Waals surface area contributed by atoms with E-state index in [4.69, 9.17) is 16.3 Å². The molecule has 2 heterocycles. The largest absolute Gasteiger partial charge is 0.444 e. The summed E-state index contributed by atoms with van der Waals surface area (Å²) in [4.78, 5) is 23.9. The molecule has 2 aromatic rings. The molecule has 0 bridgehead atoms. The number of aromatic nitrogens is 2. The number of halogens is 2. The third kappa shape index (κ3) is 5.07. The number of ether oxygens (including phenoxy) is 1. The van der Waals surface area contributed by atoms with Crippen LogP contribution in [0.1, 0.15) is 20.8 Å². The van der Waals surface area contributed by atoms with Gasteiger partial charge < -0.3 is 14.5 Å². The number of piperazine rings is 1. The lowest BCUT2D eigenvalue weighted by atomic mass is 10.1. The highest BCUT2D eigenvalue weighted by Crippen LogP contribution is 2.26. The molecule has 1 saturated heterocycles. The minimum absolute atomic E-state index is 0.115. The minimum atomic E-state index is -0.523. The molecule has 0 spiro atoms. The summed E-state index contributed by atoms with van der Waals surface area (Å²) < 4.78 is 19.6. The van der Waals surface area contributed by atoms with Crippen LogP contribution in [0.5, 0.6) is 0 Å². The molecule has 0 radical (unpaired) electrons. The lowest BCUT2D eigenvalue weighted by Crippen LogP contribution is -2.50. The van der Waals surface area contributed by atoms with Crippen molar-refractivity contribution in [3.8, 4) is 11.3 Å². The minimum Gasteiger partial charge on any atom is -0.444 e.